The fourth-order valence-corrected chi connectivity index (χ4v) is 2.21. The Morgan fingerprint density at radius 1 is 1.08 bits per heavy atom. The molecule has 0 radical (unpaired) electrons. The zero-order chi connectivity index (χ0) is 16.9. The normalized spacial score (nSPS) is 12.5. The minimum absolute atomic E-state index is 0.0715. The molecule has 0 spiro atoms. The quantitative estimate of drug-likeness (QED) is 0.839. The Bertz CT molecular complexity index is 761. The highest BCUT2D eigenvalue weighted by molar-refractivity contribution is 5.92. The van der Waals surface area contributed by atoms with Crippen molar-refractivity contribution >= 4 is 11.9 Å². The van der Waals surface area contributed by atoms with Crippen LogP contribution < -0.4 is 14.8 Å². The second kappa shape index (κ2) is 6.95. The zero-order valence-electron chi connectivity index (χ0n) is 12.7. The number of aromatic nitrogens is 2. The zero-order valence-corrected chi connectivity index (χ0v) is 12.7. The van der Waals surface area contributed by atoms with Crippen molar-refractivity contribution in [3.8, 4) is 11.5 Å². The molecule has 0 bridgehead atoms. The second-order valence-electron chi connectivity index (χ2n) is 5.08. The van der Waals surface area contributed by atoms with Gasteiger partial charge in [-0.05, 0) is 24.1 Å². The first-order chi connectivity index (χ1) is 11.6. The van der Waals surface area contributed by atoms with Crippen LogP contribution in [0.1, 0.15) is 26.5 Å². The molecule has 3 rings (SSSR count). The van der Waals surface area contributed by atoms with E-state index in [1.54, 1.807) is 0 Å². The van der Waals surface area contributed by atoms with Crippen LogP contribution >= 0.6 is 0 Å². The maximum absolute atomic E-state index is 11.9. The van der Waals surface area contributed by atoms with Crippen LogP contribution in [0.25, 0.3) is 0 Å². The van der Waals surface area contributed by atoms with Gasteiger partial charge in [0, 0.05) is 6.54 Å². The highest BCUT2D eigenvalue weighted by atomic mass is 16.6. The summed E-state index contributed by atoms with van der Waals surface area (Å²) in [6.45, 7) is 1.48. The van der Waals surface area contributed by atoms with E-state index in [1.165, 1.54) is 0 Å². The number of ether oxygens (including phenoxy) is 2. The van der Waals surface area contributed by atoms with Crippen LogP contribution in [0.3, 0.4) is 0 Å². The summed E-state index contributed by atoms with van der Waals surface area (Å²) in [5.74, 6) is -0.159. The number of fused-ring (bicyclic) bond motifs is 1. The number of aromatic carboxylic acids is 1. The van der Waals surface area contributed by atoms with E-state index in [-0.39, 0.29) is 11.4 Å². The van der Waals surface area contributed by atoms with Crippen LogP contribution in [0.2, 0.25) is 0 Å². The molecule has 124 valence electrons. The molecule has 2 heterocycles. The molecule has 1 aromatic heterocycles. The van der Waals surface area contributed by atoms with Crippen LogP contribution in [0.15, 0.2) is 30.6 Å². The van der Waals surface area contributed by atoms with Gasteiger partial charge in [-0.1, -0.05) is 6.07 Å². The Balaban J connectivity index is 1.54. The first-order valence-corrected chi connectivity index (χ1v) is 7.35. The maximum atomic E-state index is 11.9. The van der Waals surface area contributed by atoms with Crippen LogP contribution in [0, 0.1) is 0 Å². The average molecular weight is 329 g/mol. The Morgan fingerprint density at radius 2 is 1.79 bits per heavy atom. The van der Waals surface area contributed by atoms with Crippen molar-refractivity contribution in [3.05, 3.63) is 47.5 Å². The van der Waals surface area contributed by atoms with Gasteiger partial charge in [-0.3, -0.25) is 4.79 Å². The molecule has 0 unspecified atom stereocenters. The van der Waals surface area contributed by atoms with Crippen molar-refractivity contribution in [2.45, 2.75) is 6.42 Å². The molecule has 0 atom stereocenters. The third kappa shape index (κ3) is 3.60. The van der Waals surface area contributed by atoms with Gasteiger partial charge in [0.05, 0.1) is 12.4 Å². The van der Waals surface area contributed by atoms with Gasteiger partial charge >= 0.3 is 5.97 Å². The molecule has 2 aromatic rings. The summed E-state index contributed by atoms with van der Waals surface area (Å²) in [5.41, 5.74) is 0.872. The summed E-state index contributed by atoms with van der Waals surface area (Å²) in [5, 5.41) is 11.5. The predicted octanol–water partition coefficient (Wildman–Crippen LogP) is 0.918. The van der Waals surface area contributed by atoms with E-state index in [0.717, 1.165) is 23.7 Å². The summed E-state index contributed by atoms with van der Waals surface area (Å²) >= 11 is 0. The van der Waals surface area contributed by atoms with Gasteiger partial charge in [-0.25, -0.2) is 14.8 Å². The number of carbonyl (C=O) groups is 2. The SMILES string of the molecule is O=C(O)c1cnc(C(=O)NCCc2ccc3c(c2)OCCO3)cn1. The fraction of sp³-hybridized carbons (Fsp3) is 0.250. The number of benzene rings is 1. The molecule has 2 N–H and O–H groups in total. The van der Waals surface area contributed by atoms with Gasteiger partial charge in [0.2, 0.25) is 0 Å². The van der Waals surface area contributed by atoms with Gasteiger partial charge in [-0.15, -0.1) is 0 Å². The van der Waals surface area contributed by atoms with E-state index in [0.29, 0.717) is 31.9 Å². The van der Waals surface area contributed by atoms with Crippen LogP contribution in [0.5, 0.6) is 11.5 Å². The van der Waals surface area contributed by atoms with E-state index in [9.17, 15) is 9.59 Å². The monoisotopic (exact) mass is 329 g/mol. The molecular weight excluding hydrogens is 314 g/mol. The number of carboxylic acids is 1. The molecule has 8 nitrogen and oxygen atoms in total. The number of carbonyl (C=O) groups excluding carboxylic acids is 1. The van der Waals surface area contributed by atoms with Gasteiger partial charge in [0.1, 0.15) is 18.9 Å². The van der Waals surface area contributed by atoms with Crippen molar-refractivity contribution in [2.75, 3.05) is 19.8 Å². The first kappa shape index (κ1) is 15.7. The van der Waals surface area contributed by atoms with Crippen molar-refractivity contribution in [2.24, 2.45) is 0 Å². The Hall–Kier alpha value is -3.16. The molecule has 1 aliphatic rings. The molecule has 8 heteroatoms. The highest BCUT2D eigenvalue weighted by Crippen LogP contribution is 2.30. The molecule has 0 saturated heterocycles. The van der Waals surface area contributed by atoms with E-state index >= 15 is 0 Å². The van der Waals surface area contributed by atoms with Crippen LogP contribution in [0.4, 0.5) is 0 Å². The van der Waals surface area contributed by atoms with E-state index < -0.39 is 11.9 Å². The lowest BCUT2D eigenvalue weighted by Gasteiger charge is -2.18. The van der Waals surface area contributed by atoms with Gasteiger partial charge < -0.3 is 19.9 Å². The topological polar surface area (TPSA) is 111 Å². The van der Waals surface area contributed by atoms with E-state index in [4.69, 9.17) is 14.6 Å². The smallest absolute Gasteiger partial charge is 0.356 e. The Kier molecular flexibility index (Phi) is 4.55. The standard InChI is InChI=1S/C16H15N3O5/c20-15(11-8-19-12(9-18-11)16(21)22)17-4-3-10-1-2-13-14(7-10)24-6-5-23-13/h1-2,7-9H,3-6H2,(H,17,20)(H,21,22). The molecule has 0 aliphatic carbocycles. The summed E-state index contributed by atoms with van der Waals surface area (Å²) in [6, 6.07) is 5.66. The summed E-state index contributed by atoms with van der Waals surface area (Å²) in [6.07, 6.45) is 2.81. The minimum Gasteiger partial charge on any atom is -0.486 e. The number of hydrogen-bond donors (Lipinski definition) is 2. The number of hydrogen-bond acceptors (Lipinski definition) is 6. The lowest BCUT2D eigenvalue weighted by Crippen LogP contribution is -2.27. The maximum Gasteiger partial charge on any atom is 0.356 e. The molecule has 1 aromatic carbocycles. The summed E-state index contributed by atoms with van der Waals surface area (Å²) in [7, 11) is 0. The number of carboxylic acid groups (broad SMARTS) is 1. The average Bonchev–Trinajstić information content (AvgIpc) is 2.61. The minimum atomic E-state index is -1.19. The molecule has 0 fully saturated rings. The van der Waals surface area contributed by atoms with Crippen molar-refractivity contribution in [3.63, 3.8) is 0 Å². The van der Waals surface area contributed by atoms with Crippen LogP contribution in [-0.2, 0) is 6.42 Å². The molecule has 24 heavy (non-hydrogen) atoms. The summed E-state index contributed by atoms with van der Waals surface area (Å²) < 4.78 is 11.0. The van der Waals surface area contributed by atoms with E-state index in [2.05, 4.69) is 15.3 Å². The Labute approximate surface area is 137 Å². The van der Waals surface area contributed by atoms with Crippen molar-refractivity contribution in [1.82, 2.24) is 15.3 Å². The van der Waals surface area contributed by atoms with Crippen molar-refractivity contribution in [1.29, 1.82) is 0 Å². The third-order valence-corrected chi connectivity index (χ3v) is 3.41. The van der Waals surface area contributed by atoms with Crippen LogP contribution in [-0.4, -0.2) is 46.7 Å². The van der Waals surface area contributed by atoms with Gasteiger partial charge in [0.15, 0.2) is 17.2 Å². The lowest BCUT2D eigenvalue weighted by molar-refractivity contribution is 0.0689. The number of rotatable bonds is 5. The van der Waals surface area contributed by atoms with E-state index in [1.807, 2.05) is 18.2 Å². The fourth-order valence-electron chi connectivity index (χ4n) is 2.21. The van der Waals surface area contributed by atoms with Gasteiger partial charge in [-0.2, -0.15) is 0 Å². The summed E-state index contributed by atoms with van der Waals surface area (Å²) in [4.78, 5) is 30.1. The lowest BCUT2D eigenvalue weighted by atomic mass is 10.1. The molecule has 1 aliphatic heterocycles. The molecule has 1 amide bonds. The molecular formula is C16H15N3O5. The third-order valence-electron chi connectivity index (χ3n) is 3.41. The van der Waals surface area contributed by atoms with Crippen molar-refractivity contribution < 1.29 is 24.2 Å². The number of nitrogens with one attached hydrogen (secondary N) is 1. The Morgan fingerprint density at radius 3 is 2.50 bits per heavy atom. The second-order valence-corrected chi connectivity index (χ2v) is 5.08. The van der Waals surface area contributed by atoms with Gasteiger partial charge in [0.25, 0.3) is 5.91 Å². The molecule has 0 saturated carbocycles. The largest absolute Gasteiger partial charge is 0.486 e. The first-order valence-electron chi connectivity index (χ1n) is 7.35. The predicted molar refractivity (Wildman–Crippen MR) is 82.5 cm³/mol. The number of nitrogens with zero attached hydrogens (tertiary/aromatic N) is 2. The number of amides is 1. The highest BCUT2D eigenvalue weighted by Gasteiger charge is 2.13.